The molecule has 8 N–H and O–H groups in total. The van der Waals surface area contributed by atoms with Crippen molar-refractivity contribution in [2.45, 2.75) is 50.5 Å². The number of hydrogen-bond donors (Lipinski definition) is 8. The van der Waals surface area contributed by atoms with Gasteiger partial charge in [-0.25, -0.2) is 4.79 Å². The first kappa shape index (κ1) is 26.2. The summed E-state index contributed by atoms with van der Waals surface area (Å²) in [5.41, 5.74) is 7.01. The van der Waals surface area contributed by atoms with Gasteiger partial charge in [0.1, 0.15) is 18.1 Å². The SMILES string of the molecule is CC(N)C(=O)NC(C(=O)NC(CS)C(=O)NC(Cc1c[nH]c2ccccc12)C(=O)O)C(C)O. The van der Waals surface area contributed by atoms with Crippen LogP contribution in [0.3, 0.4) is 0 Å². The molecule has 0 spiro atoms. The lowest BCUT2D eigenvalue weighted by Gasteiger charge is -2.25. The average Bonchev–Trinajstić information content (AvgIpc) is 3.17. The number of amides is 3. The number of carboxylic acids is 1. The number of nitrogens with two attached hydrogens (primary N) is 1. The van der Waals surface area contributed by atoms with Gasteiger partial charge in [0.15, 0.2) is 0 Å². The first-order chi connectivity index (χ1) is 15.5. The van der Waals surface area contributed by atoms with Crippen molar-refractivity contribution in [2.24, 2.45) is 5.73 Å². The molecule has 0 bridgehead atoms. The van der Waals surface area contributed by atoms with Gasteiger partial charge >= 0.3 is 5.97 Å². The number of aliphatic hydroxyl groups is 1. The molecule has 0 aliphatic heterocycles. The van der Waals surface area contributed by atoms with Crippen molar-refractivity contribution in [2.75, 3.05) is 5.75 Å². The zero-order valence-corrected chi connectivity index (χ0v) is 19.1. The van der Waals surface area contributed by atoms with Crippen LogP contribution in [0.15, 0.2) is 30.5 Å². The maximum absolute atomic E-state index is 12.7. The molecule has 0 radical (unpaired) electrons. The highest BCUT2D eigenvalue weighted by atomic mass is 32.1. The smallest absolute Gasteiger partial charge is 0.326 e. The Bertz CT molecular complexity index is 1010. The van der Waals surface area contributed by atoms with Crippen LogP contribution in [0.1, 0.15) is 19.4 Å². The number of hydrogen-bond acceptors (Lipinski definition) is 7. The fourth-order valence-corrected chi connectivity index (χ4v) is 3.40. The molecule has 3 amide bonds. The van der Waals surface area contributed by atoms with Gasteiger partial charge < -0.3 is 36.9 Å². The summed E-state index contributed by atoms with van der Waals surface area (Å²) in [6.07, 6.45) is 0.419. The van der Waals surface area contributed by atoms with Crippen molar-refractivity contribution in [3.05, 3.63) is 36.0 Å². The number of aromatic amines is 1. The van der Waals surface area contributed by atoms with Gasteiger partial charge in [-0.05, 0) is 25.5 Å². The van der Waals surface area contributed by atoms with Crippen LogP contribution in [0.4, 0.5) is 0 Å². The van der Waals surface area contributed by atoms with Crippen LogP contribution in [-0.4, -0.2) is 74.9 Å². The summed E-state index contributed by atoms with van der Waals surface area (Å²) >= 11 is 4.07. The van der Waals surface area contributed by atoms with Gasteiger partial charge in [-0.1, -0.05) is 18.2 Å². The highest BCUT2D eigenvalue weighted by Crippen LogP contribution is 2.19. The molecule has 1 aromatic carbocycles. The van der Waals surface area contributed by atoms with E-state index in [1.807, 2.05) is 24.3 Å². The van der Waals surface area contributed by atoms with Gasteiger partial charge in [-0.2, -0.15) is 12.6 Å². The summed E-state index contributed by atoms with van der Waals surface area (Å²) < 4.78 is 0. The van der Waals surface area contributed by atoms with E-state index in [4.69, 9.17) is 5.73 Å². The summed E-state index contributed by atoms with van der Waals surface area (Å²) in [4.78, 5) is 52.0. The number of carbonyl (C=O) groups is 4. The summed E-state index contributed by atoms with van der Waals surface area (Å²) in [6, 6.07) is 2.61. The lowest BCUT2D eigenvalue weighted by atomic mass is 10.0. The van der Waals surface area contributed by atoms with Crippen molar-refractivity contribution in [1.29, 1.82) is 0 Å². The third-order valence-corrected chi connectivity index (χ3v) is 5.37. The highest BCUT2D eigenvalue weighted by molar-refractivity contribution is 7.80. The number of aromatic nitrogens is 1. The van der Waals surface area contributed by atoms with Crippen molar-refractivity contribution in [3.63, 3.8) is 0 Å². The molecule has 2 rings (SSSR count). The minimum atomic E-state index is -1.36. The second kappa shape index (κ2) is 11.7. The van der Waals surface area contributed by atoms with Crippen LogP contribution in [0.25, 0.3) is 10.9 Å². The summed E-state index contributed by atoms with van der Waals surface area (Å²) in [5.74, 6) is -3.66. The molecular weight excluding hydrogens is 450 g/mol. The number of carboxylic acid groups (broad SMARTS) is 1. The number of benzene rings is 1. The first-order valence-corrected chi connectivity index (χ1v) is 10.9. The minimum Gasteiger partial charge on any atom is -0.480 e. The Balaban J connectivity index is 2.09. The molecule has 0 aliphatic rings. The molecule has 180 valence electrons. The van der Waals surface area contributed by atoms with E-state index in [9.17, 15) is 29.4 Å². The zero-order chi connectivity index (χ0) is 24.7. The predicted octanol–water partition coefficient (Wildman–Crippen LogP) is -1.09. The lowest BCUT2D eigenvalue weighted by molar-refractivity contribution is -0.142. The van der Waals surface area contributed by atoms with Gasteiger partial charge in [0, 0.05) is 29.3 Å². The Morgan fingerprint density at radius 1 is 1.03 bits per heavy atom. The van der Waals surface area contributed by atoms with Gasteiger partial charge in [0.05, 0.1) is 12.1 Å². The molecule has 0 aliphatic carbocycles. The number of thiol groups is 1. The molecule has 33 heavy (non-hydrogen) atoms. The number of fused-ring (bicyclic) bond motifs is 1. The zero-order valence-electron chi connectivity index (χ0n) is 18.2. The molecular formula is C21H29N5O6S. The lowest BCUT2D eigenvalue weighted by Crippen LogP contribution is -2.60. The summed E-state index contributed by atoms with van der Waals surface area (Å²) in [6.45, 7) is 2.71. The fourth-order valence-electron chi connectivity index (χ4n) is 3.14. The normalized spacial score (nSPS) is 15.7. The first-order valence-electron chi connectivity index (χ1n) is 10.3. The van der Waals surface area contributed by atoms with E-state index in [1.54, 1.807) is 6.20 Å². The van der Waals surface area contributed by atoms with Gasteiger partial charge in [-0.3, -0.25) is 14.4 Å². The molecule has 1 aromatic heterocycles. The average molecular weight is 480 g/mol. The monoisotopic (exact) mass is 479 g/mol. The maximum Gasteiger partial charge on any atom is 0.326 e. The molecule has 11 nitrogen and oxygen atoms in total. The quantitative estimate of drug-likeness (QED) is 0.188. The van der Waals surface area contributed by atoms with Gasteiger partial charge in [0.2, 0.25) is 17.7 Å². The Morgan fingerprint density at radius 2 is 1.67 bits per heavy atom. The van der Waals surface area contributed by atoms with Crippen molar-refractivity contribution in [3.8, 4) is 0 Å². The molecule has 5 unspecified atom stereocenters. The van der Waals surface area contributed by atoms with Gasteiger partial charge in [-0.15, -0.1) is 0 Å². The Labute approximate surface area is 195 Å². The molecule has 1 heterocycles. The number of aliphatic carboxylic acids is 1. The van der Waals surface area contributed by atoms with Crippen LogP contribution < -0.4 is 21.7 Å². The molecule has 0 saturated heterocycles. The molecule has 0 fully saturated rings. The van der Waals surface area contributed by atoms with Crippen LogP contribution >= 0.6 is 12.6 Å². The summed E-state index contributed by atoms with van der Waals surface area (Å²) in [7, 11) is 0. The molecule has 5 atom stereocenters. The van der Waals surface area contributed by atoms with Crippen LogP contribution in [0.2, 0.25) is 0 Å². The van der Waals surface area contributed by atoms with Crippen molar-refractivity contribution in [1.82, 2.24) is 20.9 Å². The number of nitrogens with one attached hydrogen (secondary N) is 4. The number of aliphatic hydroxyl groups excluding tert-OH is 1. The van der Waals surface area contributed by atoms with E-state index < -0.39 is 54.0 Å². The van der Waals surface area contributed by atoms with E-state index in [1.165, 1.54) is 13.8 Å². The van der Waals surface area contributed by atoms with E-state index in [0.29, 0.717) is 5.56 Å². The fraction of sp³-hybridized carbons (Fsp3) is 0.429. The maximum atomic E-state index is 12.7. The largest absolute Gasteiger partial charge is 0.480 e. The predicted molar refractivity (Wildman–Crippen MR) is 125 cm³/mol. The minimum absolute atomic E-state index is 0.0130. The van der Waals surface area contributed by atoms with Crippen molar-refractivity contribution >= 4 is 47.2 Å². The Morgan fingerprint density at radius 3 is 2.24 bits per heavy atom. The third kappa shape index (κ3) is 6.94. The van der Waals surface area contributed by atoms with Crippen LogP contribution in [0, 0.1) is 0 Å². The second-order valence-corrected chi connectivity index (χ2v) is 8.09. The molecule has 0 saturated carbocycles. The van der Waals surface area contributed by atoms with Crippen molar-refractivity contribution < 1.29 is 29.4 Å². The van der Waals surface area contributed by atoms with Gasteiger partial charge in [0.25, 0.3) is 0 Å². The Kier molecular flexibility index (Phi) is 9.26. The highest BCUT2D eigenvalue weighted by Gasteiger charge is 2.31. The molecule has 12 heteroatoms. The second-order valence-electron chi connectivity index (χ2n) is 7.72. The van der Waals surface area contributed by atoms with Crippen LogP contribution in [-0.2, 0) is 25.6 Å². The Hall–Kier alpha value is -3.09. The van der Waals surface area contributed by atoms with E-state index in [0.717, 1.165) is 10.9 Å². The standard InChI is InChI=1S/C21H29N5O6S/c1-10(22)18(28)26-17(11(2)27)20(30)25-16(9-33)19(29)24-15(21(31)32)7-12-8-23-14-6-4-3-5-13(12)14/h3-6,8,10-11,15-17,23,27,33H,7,9,22H2,1-2H3,(H,24,29)(H,25,30)(H,26,28)(H,31,32). The summed E-state index contributed by atoms with van der Waals surface area (Å²) in [5, 5.41) is 27.4. The van der Waals surface area contributed by atoms with E-state index in [-0.39, 0.29) is 12.2 Å². The number of para-hydroxylation sites is 1. The van der Waals surface area contributed by atoms with E-state index in [2.05, 4.69) is 33.6 Å². The number of carbonyl (C=O) groups excluding carboxylic acids is 3. The van der Waals surface area contributed by atoms with E-state index >= 15 is 0 Å². The molecule has 2 aromatic rings. The topological polar surface area (TPSA) is 187 Å². The number of H-pyrrole nitrogens is 1. The third-order valence-electron chi connectivity index (χ3n) is 5.01. The van der Waals surface area contributed by atoms with Crippen LogP contribution in [0.5, 0.6) is 0 Å². The number of rotatable bonds is 11.